The van der Waals surface area contributed by atoms with Crippen LogP contribution in [-0.4, -0.2) is 35.2 Å². The van der Waals surface area contributed by atoms with E-state index < -0.39 is 0 Å². The first-order valence-corrected chi connectivity index (χ1v) is 7.85. The second kappa shape index (κ2) is 5.43. The van der Waals surface area contributed by atoms with Gasteiger partial charge in [-0.1, -0.05) is 49.2 Å². The summed E-state index contributed by atoms with van der Waals surface area (Å²) in [4.78, 5) is 2.14. The van der Waals surface area contributed by atoms with Gasteiger partial charge in [0.25, 0.3) is 0 Å². The summed E-state index contributed by atoms with van der Waals surface area (Å²) in [6.45, 7) is 4.93. The summed E-state index contributed by atoms with van der Waals surface area (Å²) in [5.41, 5.74) is 2.65. The minimum Gasteiger partial charge on any atom is -0.393 e. The van der Waals surface area contributed by atoms with Gasteiger partial charge < -0.3 is 5.11 Å². The van der Waals surface area contributed by atoms with Gasteiger partial charge in [-0.2, -0.15) is 0 Å². The molecular weight excluding hydrogens is 270 g/mol. The van der Waals surface area contributed by atoms with Gasteiger partial charge in [0.05, 0.1) is 11.6 Å². The molecule has 22 heavy (non-hydrogen) atoms. The van der Waals surface area contributed by atoms with Crippen LogP contribution >= 0.6 is 0 Å². The van der Waals surface area contributed by atoms with Crippen LogP contribution in [0.5, 0.6) is 0 Å². The van der Waals surface area contributed by atoms with E-state index in [-0.39, 0.29) is 11.6 Å². The lowest BCUT2D eigenvalue weighted by atomic mass is 9.83. The Bertz CT molecular complexity index is 704. The number of terminal acetylenes is 1. The van der Waals surface area contributed by atoms with Gasteiger partial charge in [0.15, 0.2) is 0 Å². The molecule has 4 rings (SSSR count). The molecule has 0 saturated carbocycles. The number of hydrogen-bond donors (Lipinski definition) is 1. The summed E-state index contributed by atoms with van der Waals surface area (Å²) in [6.07, 6.45) is 5.87. The van der Waals surface area contributed by atoms with Crippen LogP contribution in [0.2, 0.25) is 0 Å². The van der Waals surface area contributed by atoms with Crippen molar-refractivity contribution in [2.24, 2.45) is 5.92 Å². The second-order valence-electron chi connectivity index (χ2n) is 6.75. The molecule has 0 radical (unpaired) electrons. The van der Waals surface area contributed by atoms with E-state index in [4.69, 9.17) is 6.42 Å². The quantitative estimate of drug-likeness (QED) is 0.641. The number of hydrogen-bond acceptors (Lipinski definition) is 2. The normalized spacial score (nSPS) is 29.4. The van der Waals surface area contributed by atoms with Gasteiger partial charge in [-0.05, 0) is 41.8 Å². The van der Waals surface area contributed by atoms with Crippen molar-refractivity contribution >= 4 is 10.8 Å². The fourth-order valence-corrected chi connectivity index (χ4v) is 3.30. The van der Waals surface area contributed by atoms with Gasteiger partial charge in [-0.15, -0.1) is 6.42 Å². The Balaban J connectivity index is 0.000000132. The molecule has 1 aromatic rings. The monoisotopic (exact) mass is 293 g/mol. The van der Waals surface area contributed by atoms with Gasteiger partial charge in [0.1, 0.15) is 0 Å². The lowest BCUT2D eigenvalue weighted by Crippen LogP contribution is -2.53. The van der Waals surface area contributed by atoms with Gasteiger partial charge in [0, 0.05) is 13.0 Å². The number of piperidine rings is 1. The highest BCUT2D eigenvalue weighted by molar-refractivity contribution is 6.16. The largest absolute Gasteiger partial charge is 0.393 e. The Morgan fingerprint density at radius 2 is 1.73 bits per heavy atom. The number of likely N-dealkylation sites (tertiary alicyclic amines) is 1. The van der Waals surface area contributed by atoms with Gasteiger partial charge in [-0.3, -0.25) is 4.90 Å². The van der Waals surface area contributed by atoms with Crippen molar-refractivity contribution in [3.8, 4) is 23.5 Å². The zero-order valence-corrected chi connectivity index (χ0v) is 13.5. The van der Waals surface area contributed by atoms with Crippen molar-refractivity contribution in [1.82, 2.24) is 4.90 Å². The van der Waals surface area contributed by atoms with Gasteiger partial charge in [0.2, 0.25) is 0 Å². The average Bonchev–Trinajstić information content (AvgIpc) is 2.47. The summed E-state index contributed by atoms with van der Waals surface area (Å²) in [6, 6.07) is 12.9. The smallest absolute Gasteiger partial charge is 0.0817 e. The minimum absolute atomic E-state index is 0.248. The van der Waals surface area contributed by atoms with Crippen LogP contribution in [0.25, 0.3) is 21.9 Å². The Kier molecular flexibility index (Phi) is 3.72. The Hall–Kier alpha value is -1.82. The third-order valence-electron chi connectivity index (χ3n) is 5.19. The standard InChI is InChI=1S/C10H17NO.C10H6/c1-5-10(3)6-9(12)8(2)7-11(10)4;1-2-4-8-7(3-1)9-5-6-10(8)9/h1,8-9,12H,6-7H2,2-4H3;1-6H. The number of nitrogens with zero attached hydrogens (tertiary/aromatic N) is 1. The highest BCUT2D eigenvalue weighted by Crippen LogP contribution is 2.44. The number of aliphatic hydroxyl groups excluding tert-OH is 1. The van der Waals surface area contributed by atoms with Gasteiger partial charge in [-0.25, -0.2) is 0 Å². The molecule has 3 unspecified atom stereocenters. The predicted molar refractivity (Wildman–Crippen MR) is 92.6 cm³/mol. The molecule has 0 spiro atoms. The van der Waals surface area contributed by atoms with Crippen LogP contribution in [-0.2, 0) is 0 Å². The predicted octanol–water partition coefficient (Wildman–Crippen LogP) is 3.53. The minimum atomic E-state index is -0.258. The molecule has 114 valence electrons. The third kappa shape index (κ3) is 2.31. The summed E-state index contributed by atoms with van der Waals surface area (Å²) in [7, 11) is 2.02. The van der Waals surface area contributed by atoms with Crippen molar-refractivity contribution in [2.75, 3.05) is 13.6 Å². The van der Waals surface area contributed by atoms with E-state index in [0.29, 0.717) is 12.3 Å². The lowest BCUT2D eigenvalue weighted by molar-refractivity contribution is -0.00779. The Morgan fingerprint density at radius 3 is 2.18 bits per heavy atom. The van der Waals surface area contributed by atoms with Crippen LogP contribution in [0.1, 0.15) is 20.3 Å². The molecule has 1 fully saturated rings. The van der Waals surface area contributed by atoms with E-state index in [9.17, 15) is 5.11 Å². The fraction of sp³-hybridized carbons (Fsp3) is 0.400. The molecule has 1 saturated heterocycles. The van der Waals surface area contributed by atoms with Gasteiger partial charge >= 0.3 is 0 Å². The first-order chi connectivity index (χ1) is 10.5. The van der Waals surface area contributed by atoms with Crippen LogP contribution in [0.15, 0.2) is 36.4 Å². The van der Waals surface area contributed by atoms with E-state index in [2.05, 4.69) is 54.1 Å². The third-order valence-corrected chi connectivity index (χ3v) is 5.19. The van der Waals surface area contributed by atoms with E-state index >= 15 is 0 Å². The first-order valence-electron chi connectivity index (χ1n) is 7.85. The van der Waals surface area contributed by atoms with E-state index in [1.807, 2.05) is 14.0 Å². The molecule has 1 aliphatic heterocycles. The molecule has 0 bridgehead atoms. The molecule has 3 atom stereocenters. The second-order valence-corrected chi connectivity index (χ2v) is 6.75. The van der Waals surface area contributed by atoms with Crippen LogP contribution in [0, 0.1) is 18.3 Å². The molecule has 0 amide bonds. The van der Waals surface area contributed by atoms with E-state index in [0.717, 1.165) is 6.54 Å². The number of benzene rings is 2. The van der Waals surface area contributed by atoms with Crippen molar-refractivity contribution in [3.05, 3.63) is 36.4 Å². The van der Waals surface area contributed by atoms with Crippen LogP contribution < -0.4 is 0 Å². The zero-order chi connectivity index (χ0) is 15.9. The Morgan fingerprint density at radius 1 is 1.18 bits per heavy atom. The summed E-state index contributed by atoms with van der Waals surface area (Å²) in [5.74, 6) is 3.08. The topological polar surface area (TPSA) is 23.5 Å². The molecular formula is C20H23NO. The number of aliphatic hydroxyl groups is 1. The van der Waals surface area contributed by atoms with Crippen molar-refractivity contribution in [2.45, 2.75) is 31.9 Å². The maximum Gasteiger partial charge on any atom is 0.0817 e. The molecule has 2 nitrogen and oxygen atoms in total. The Labute approximate surface area is 132 Å². The van der Waals surface area contributed by atoms with E-state index in [1.165, 1.54) is 21.9 Å². The summed E-state index contributed by atoms with van der Waals surface area (Å²) >= 11 is 0. The van der Waals surface area contributed by atoms with Crippen LogP contribution in [0.3, 0.4) is 0 Å². The molecule has 1 N–H and O–H groups in total. The number of rotatable bonds is 0. The SMILES string of the molecule is C#CC1(C)CC(O)C(C)CN1C.c1ccc2c3ccc-3c2c1. The summed E-state index contributed by atoms with van der Waals surface area (Å²) in [5, 5.41) is 12.5. The highest BCUT2D eigenvalue weighted by Gasteiger charge is 2.37. The van der Waals surface area contributed by atoms with E-state index in [1.54, 1.807) is 0 Å². The molecule has 2 aliphatic carbocycles. The molecule has 1 aromatic carbocycles. The zero-order valence-electron chi connectivity index (χ0n) is 13.5. The maximum atomic E-state index is 9.64. The molecule has 1 heterocycles. The lowest BCUT2D eigenvalue weighted by Gasteiger charge is -2.43. The maximum absolute atomic E-state index is 9.64. The van der Waals surface area contributed by atoms with Crippen molar-refractivity contribution in [3.63, 3.8) is 0 Å². The van der Waals surface area contributed by atoms with Crippen molar-refractivity contribution in [1.29, 1.82) is 0 Å². The fourth-order valence-electron chi connectivity index (χ4n) is 3.30. The van der Waals surface area contributed by atoms with Crippen molar-refractivity contribution < 1.29 is 5.11 Å². The molecule has 2 heteroatoms. The number of fused-ring (bicyclic) bond motifs is 4. The molecule has 0 aromatic heterocycles. The average molecular weight is 293 g/mol. The first kappa shape index (κ1) is 15.1. The highest BCUT2D eigenvalue weighted by atomic mass is 16.3. The van der Waals surface area contributed by atoms with Crippen LogP contribution in [0.4, 0.5) is 0 Å². The molecule has 3 aliphatic rings. The summed E-state index contributed by atoms with van der Waals surface area (Å²) < 4.78 is 0.